The van der Waals surface area contributed by atoms with Gasteiger partial charge in [0.25, 0.3) is 11.1 Å². The van der Waals surface area contributed by atoms with Gasteiger partial charge in [-0.3, -0.25) is 19.3 Å². The van der Waals surface area contributed by atoms with Gasteiger partial charge in [-0.05, 0) is 88.2 Å². The minimum atomic E-state index is -0.465. The first-order valence-corrected chi connectivity index (χ1v) is 14.6. The molecule has 5 rings (SSSR count). The van der Waals surface area contributed by atoms with Crippen molar-refractivity contribution in [1.29, 1.82) is 0 Å². The summed E-state index contributed by atoms with van der Waals surface area (Å²) in [6.45, 7) is 3.52. The number of benzene rings is 3. The van der Waals surface area contributed by atoms with Gasteiger partial charge in [-0.1, -0.05) is 54.6 Å². The molecule has 1 saturated heterocycles. The standard InChI is InChI=1S/C30H27IN2O5S/c1-2-37-25-15-21(14-24(31)28(25)38-19-20-8-4-3-5-9-20)16-26-29(35)33(30(36)39-26)18-27(34)32-13-12-22-10-6-7-11-23(22)17-32/h3-11,14-16H,2,12-13,17-19H2,1H3/b26-16+. The van der Waals surface area contributed by atoms with Crippen LogP contribution in [0.3, 0.4) is 0 Å². The monoisotopic (exact) mass is 654 g/mol. The van der Waals surface area contributed by atoms with Crippen LogP contribution in [-0.2, 0) is 29.2 Å². The molecule has 0 atom stereocenters. The lowest BCUT2D eigenvalue weighted by Gasteiger charge is -2.29. The predicted octanol–water partition coefficient (Wildman–Crippen LogP) is 5.89. The zero-order valence-corrected chi connectivity index (χ0v) is 24.4. The van der Waals surface area contributed by atoms with Crippen molar-refractivity contribution < 1.29 is 23.9 Å². The van der Waals surface area contributed by atoms with Crippen LogP contribution in [0, 0.1) is 3.57 Å². The van der Waals surface area contributed by atoms with E-state index in [0.29, 0.717) is 43.4 Å². The van der Waals surface area contributed by atoms with Gasteiger partial charge >= 0.3 is 0 Å². The number of hydrogen-bond donors (Lipinski definition) is 0. The van der Waals surface area contributed by atoms with E-state index in [1.54, 1.807) is 17.0 Å². The number of carbonyl (C=O) groups is 3. The van der Waals surface area contributed by atoms with Crippen LogP contribution in [0.15, 0.2) is 71.6 Å². The van der Waals surface area contributed by atoms with Crippen LogP contribution < -0.4 is 9.47 Å². The van der Waals surface area contributed by atoms with E-state index in [-0.39, 0.29) is 17.4 Å². The van der Waals surface area contributed by atoms with Crippen molar-refractivity contribution in [3.8, 4) is 11.5 Å². The maximum Gasteiger partial charge on any atom is 0.294 e. The molecular weight excluding hydrogens is 627 g/mol. The molecule has 0 aromatic heterocycles. The summed E-state index contributed by atoms with van der Waals surface area (Å²) in [6, 6.07) is 21.6. The third-order valence-corrected chi connectivity index (χ3v) is 8.21. The molecule has 0 unspecified atom stereocenters. The van der Waals surface area contributed by atoms with Gasteiger partial charge in [0, 0.05) is 13.1 Å². The van der Waals surface area contributed by atoms with E-state index in [1.807, 2.05) is 61.5 Å². The maximum absolute atomic E-state index is 13.1. The number of halogens is 1. The molecule has 0 radical (unpaired) electrons. The SMILES string of the molecule is CCOc1cc(/C=C2/SC(=O)N(CC(=O)N3CCc4ccccc4C3)C2=O)cc(I)c1OCc1ccccc1. The average Bonchev–Trinajstić information content (AvgIpc) is 3.20. The lowest BCUT2D eigenvalue weighted by atomic mass is 10.00. The lowest BCUT2D eigenvalue weighted by molar-refractivity contribution is -0.136. The van der Waals surface area contributed by atoms with Crippen molar-refractivity contribution in [3.63, 3.8) is 0 Å². The minimum Gasteiger partial charge on any atom is -0.490 e. The van der Waals surface area contributed by atoms with Gasteiger partial charge in [-0.15, -0.1) is 0 Å². The van der Waals surface area contributed by atoms with Gasteiger partial charge in [0.1, 0.15) is 13.2 Å². The highest BCUT2D eigenvalue weighted by Gasteiger charge is 2.37. The Morgan fingerprint density at radius 3 is 2.54 bits per heavy atom. The Labute approximate surface area is 245 Å². The Hall–Kier alpha value is -3.31. The van der Waals surface area contributed by atoms with Gasteiger partial charge in [0.15, 0.2) is 11.5 Å². The first-order chi connectivity index (χ1) is 18.9. The molecule has 3 aromatic carbocycles. The van der Waals surface area contributed by atoms with Crippen molar-refractivity contribution in [2.24, 2.45) is 0 Å². The second kappa shape index (κ2) is 12.3. The number of fused-ring (bicyclic) bond motifs is 1. The van der Waals surface area contributed by atoms with Gasteiger partial charge in [-0.25, -0.2) is 0 Å². The largest absolute Gasteiger partial charge is 0.490 e. The molecular formula is C30H27IN2O5S. The van der Waals surface area contributed by atoms with E-state index in [2.05, 4.69) is 28.7 Å². The van der Waals surface area contributed by atoms with E-state index in [9.17, 15) is 14.4 Å². The maximum atomic E-state index is 13.1. The van der Waals surface area contributed by atoms with Crippen LogP contribution >= 0.6 is 34.4 Å². The molecule has 2 heterocycles. The van der Waals surface area contributed by atoms with Crippen molar-refractivity contribution in [2.75, 3.05) is 19.7 Å². The van der Waals surface area contributed by atoms with Crippen LogP contribution in [-0.4, -0.2) is 46.5 Å². The fraction of sp³-hybridized carbons (Fsp3) is 0.233. The van der Waals surface area contributed by atoms with E-state index in [0.717, 1.165) is 37.8 Å². The third-order valence-electron chi connectivity index (χ3n) is 6.51. The molecule has 7 nitrogen and oxygen atoms in total. The first-order valence-electron chi connectivity index (χ1n) is 12.7. The van der Waals surface area contributed by atoms with E-state index in [4.69, 9.17) is 9.47 Å². The lowest BCUT2D eigenvalue weighted by Crippen LogP contribution is -2.44. The zero-order valence-electron chi connectivity index (χ0n) is 21.4. The van der Waals surface area contributed by atoms with E-state index < -0.39 is 11.1 Å². The summed E-state index contributed by atoms with van der Waals surface area (Å²) in [5.74, 6) is 0.487. The molecule has 3 aromatic rings. The van der Waals surface area contributed by atoms with Crippen molar-refractivity contribution in [2.45, 2.75) is 26.5 Å². The first kappa shape index (κ1) is 27.3. The van der Waals surface area contributed by atoms with Crippen molar-refractivity contribution in [1.82, 2.24) is 9.80 Å². The summed E-state index contributed by atoms with van der Waals surface area (Å²) < 4.78 is 12.7. The fourth-order valence-electron chi connectivity index (χ4n) is 4.54. The minimum absolute atomic E-state index is 0.235. The molecule has 0 aliphatic carbocycles. The van der Waals surface area contributed by atoms with Gasteiger partial charge < -0.3 is 14.4 Å². The molecule has 39 heavy (non-hydrogen) atoms. The summed E-state index contributed by atoms with van der Waals surface area (Å²) in [5.41, 5.74) is 4.08. The number of imide groups is 1. The number of rotatable bonds is 8. The Balaban J connectivity index is 1.29. The number of amides is 3. The summed E-state index contributed by atoms with van der Waals surface area (Å²) in [6.07, 6.45) is 2.42. The van der Waals surface area contributed by atoms with Gasteiger partial charge in [-0.2, -0.15) is 0 Å². The molecule has 2 aliphatic rings. The highest BCUT2D eigenvalue weighted by molar-refractivity contribution is 14.1. The smallest absolute Gasteiger partial charge is 0.294 e. The molecule has 0 spiro atoms. The Morgan fingerprint density at radius 1 is 1.03 bits per heavy atom. The van der Waals surface area contributed by atoms with Crippen molar-refractivity contribution in [3.05, 3.63) is 97.5 Å². The number of hydrogen-bond acceptors (Lipinski definition) is 6. The number of thioether (sulfide) groups is 1. The number of nitrogens with zero attached hydrogens (tertiary/aromatic N) is 2. The number of carbonyl (C=O) groups excluding carboxylic acids is 3. The molecule has 200 valence electrons. The molecule has 0 N–H and O–H groups in total. The Bertz CT molecular complexity index is 1440. The average molecular weight is 655 g/mol. The van der Waals surface area contributed by atoms with Crippen LogP contribution in [0.2, 0.25) is 0 Å². The topological polar surface area (TPSA) is 76.2 Å². The molecule has 3 amide bonds. The second-order valence-corrected chi connectivity index (χ2v) is 11.3. The molecule has 0 saturated carbocycles. The molecule has 2 aliphatic heterocycles. The Morgan fingerprint density at radius 2 is 1.77 bits per heavy atom. The fourth-order valence-corrected chi connectivity index (χ4v) is 6.15. The van der Waals surface area contributed by atoms with Gasteiger partial charge in [0.05, 0.1) is 15.1 Å². The summed E-state index contributed by atoms with van der Waals surface area (Å²) in [7, 11) is 0. The predicted molar refractivity (Wildman–Crippen MR) is 159 cm³/mol. The highest BCUT2D eigenvalue weighted by atomic mass is 127. The van der Waals surface area contributed by atoms with Crippen LogP contribution in [0.4, 0.5) is 4.79 Å². The van der Waals surface area contributed by atoms with Crippen LogP contribution in [0.25, 0.3) is 6.08 Å². The molecule has 1 fully saturated rings. The van der Waals surface area contributed by atoms with Crippen LogP contribution in [0.5, 0.6) is 11.5 Å². The highest BCUT2D eigenvalue weighted by Crippen LogP contribution is 2.38. The molecule has 9 heteroatoms. The second-order valence-electron chi connectivity index (χ2n) is 9.14. The summed E-state index contributed by atoms with van der Waals surface area (Å²) >= 11 is 3.03. The quantitative estimate of drug-likeness (QED) is 0.223. The third kappa shape index (κ3) is 6.30. The van der Waals surface area contributed by atoms with E-state index >= 15 is 0 Å². The Kier molecular flexibility index (Phi) is 8.56. The van der Waals surface area contributed by atoms with Gasteiger partial charge in [0.2, 0.25) is 5.91 Å². The summed E-state index contributed by atoms with van der Waals surface area (Å²) in [4.78, 5) is 41.9. The number of ether oxygens (including phenoxy) is 2. The van der Waals surface area contributed by atoms with Crippen molar-refractivity contribution >= 4 is 57.5 Å². The normalized spacial score (nSPS) is 16.0. The van der Waals surface area contributed by atoms with E-state index in [1.165, 1.54) is 5.56 Å². The summed E-state index contributed by atoms with van der Waals surface area (Å²) in [5, 5.41) is -0.445. The zero-order chi connectivity index (χ0) is 27.4. The van der Waals surface area contributed by atoms with Crippen LogP contribution in [0.1, 0.15) is 29.2 Å². The molecule has 0 bridgehead atoms.